The van der Waals surface area contributed by atoms with E-state index in [4.69, 9.17) is 13.9 Å². The molecule has 2 heterocycles. The first-order valence-electron chi connectivity index (χ1n) is 8.08. The number of aliphatic hydroxyl groups is 1. The highest BCUT2D eigenvalue weighted by atomic mass is 19.1. The summed E-state index contributed by atoms with van der Waals surface area (Å²) in [5, 5.41) is 10.1. The first-order chi connectivity index (χ1) is 11.7. The van der Waals surface area contributed by atoms with Gasteiger partial charge in [-0.05, 0) is 29.8 Å². The lowest BCUT2D eigenvalue weighted by atomic mass is 10.1. The normalized spacial score (nSPS) is 20.2. The number of hydrogen-bond donors (Lipinski definition) is 1. The molecule has 2 atom stereocenters. The molecule has 1 aliphatic rings. The van der Waals surface area contributed by atoms with Crippen LogP contribution in [-0.4, -0.2) is 49.0 Å². The summed E-state index contributed by atoms with van der Waals surface area (Å²) in [4.78, 5) is 2.14. The van der Waals surface area contributed by atoms with Crippen molar-refractivity contribution in [2.24, 2.45) is 0 Å². The van der Waals surface area contributed by atoms with Gasteiger partial charge in [0.1, 0.15) is 18.2 Å². The summed E-state index contributed by atoms with van der Waals surface area (Å²) in [5.74, 6) is 0.487. The van der Waals surface area contributed by atoms with Gasteiger partial charge in [0.05, 0.1) is 31.7 Å². The van der Waals surface area contributed by atoms with Gasteiger partial charge in [-0.3, -0.25) is 4.90 Å². The van der Waals surface area contributed by atoms with Gasteiger partial charge >= 0.3 is 0 Å². The molecule has 0 spiro atoms. The van der Waals surface area contributed by atoms with Gasteiger partial charge < -0.3 is 19.0 Å². The number of ether oxygens (including phenoxy) is 2. The largest absolute Gasteiger partial charge is 0.467 e. The molecule has 1 aromatic heterocycles. The molecule has 0 radical (unpaired) electrons. The van der Waals surface area contributed by atoms with Crippen LogP contribution in [0.25, 0.3) is 0 Å². The highest BCUT2D eigenvalue weighted by Crippen LogP contribution is 2.22. The molecule has 0 bridgehead atoms. The topological polar surface area (TPSA) is 55.1 Å². The monoisotopic (exact) mass is 335 g/mol. The third-order valence-electron chi connectivity index (χ3n) is 4.00. The zero-order valence-electron chi connectivity index (χ0n) is 13.4. The molecule has 0 unspecified atom stereocenters. The lowest BCUT2D eigenvalue weighted by Gasteiger charge is -2.34. The molecule has 24 heavy (non-hydrogen) atoms. The van der Waals surface area contributed by atoms with Crippen LogP contribution in [0, 0.1) is 5.82 Å². The number of benzene rings is 1. The number of morpholine rings is 1. The van der Waals surface area contributed by atoms with E-state index in [0.717, 1.165) is 17.9 Å². The van der Waals surface area contributed by atoms with Crippen molar-refractivity contribution >= 4 is 0 Å². The van der Waals surface area contributed by atoms with Gasteiger partial charge in [0.25, 0.3) is 0 Å². The molecule has 0 amide bonds. The Morgan fingerprint density at radius 1 is 1.29 bits per heavy atom. The molecule has 1 saturated heterocycles. The summed E-state index contributed by atoms with van der Waals surface area (Å²) in [6, 6.07) is 10.0. The Kier molecular flexibility index (Phi) is 5.98. The maximum atomic E-state index is 13.0. The number of aliphatic hydroxyl groups excluding tert-OH is 1. The second-order valence-electron chi connectivity index (χ2n) is 5.92. The molecule has 1 N–H and O–H groups in total. The van der Waals surface area contributed by atoms with Crippen LogP contribution in [0.3, 0.4) is 0 Å². The summed E-state index contributed by atoms with van der Waals surface area (Å²) in [6.07, 6.45) is 0.917. The van der Waals surface area contributed by atoms with Gasteiger partial charge in [-0.1, -0.05) is 12.1 Å². The average molecular weight is 335 g/mol. The fraction of sp³-hybridized carbons (Fsp3) is 0.444. The second-order valence-corrected chi connectivity index (χ2v) is 5.92. The van der Waals surface area contributed by atoms with E-state index in [9.17, 15) is 9.50 Å². The van der Waals surface area contributed by atoms with E-state index >= 15 is 0 Å². The number of rotatable bonds is 7. The Morgan fingerprint density at radius 2 is 2.12 bits per heavy atom. The summed E-state index contributed by atoms with van der Waals surface area (Å²) >= 11 is 0. The number of halogens is 1. The third kappa shape index (κ3) is 4.88. The number of furan rings is 1. The van der Waals surface area contributed by atoms with Crippen LogP contribution in [0.1, 0.15) is 17.4 Å². The van der Waals surface area contributed by atoms with E-state index < -0.39 is 6.10 Å². The molecule has 3 rings (SSSR count). The zero-order valence-corrected chi connectivity index (χ0v) is 13.4. The predicted octanol–water partition coefficient (Wildman–Crippen LogP) is 2.37. The van der Waals surface area contributed by atoms with Gasteiger partial charge in [-0.15, -0.1) is 0 Å². The first-order valence-corrected chi connectivity index (χ1v) is 8.08. The van der Waals surface area contributed by atoms with Crippen LogP contribution in [0.15, 0.2) is 47.1 Å². The SMILES string of the molecule is O[C@H](COCc1ccco1)CN1CCO[C@H](c2ccc(F)cc2)C1. The highest BCUT2D eigenvalue weighted by molar-refractivity contribution is 5.19. The summed E-state index contributed by atoms with van der Waals surface area (Å²) in [5.41, 5.74) is 0.949. The molecule has 1 fully saturated rings. The number of nitrogens with zero attached hydrogens (tertiary/aromatic N) is 1. The minimum atomic E-state index is -0.577. The van der Waals surface area contributed by atoms with Gasteiger partial charge in [0.2, 0.25) is 0 Å². The molecule has 0 saturated carbocycles. The lowest BCUT2D eigenvalue weighted by Crippen LogP contribution is -2.43. The van der Waals surface area contributed by atoms with E-state index in [-0.39, 0.29) is 18.5 Å². The standard InChI is InChI=1S/C18H22FNO4/c19-15-5-3-14(4-6-15)18-11-20(7-9-24-18)10-16(21)12-22-13-17-2-1-8-23-17/h1-6,8,16,18,21H,7,9-13H2/t16-,18-/m0/s1. The molecule has 2 aromatic rings. The van der Waals surface area contributed by atoms with Crippen LogP contribution in [0.5, 0.6) is 0 Å². The van der Waals surface area contributed by atoms with E-state index in [1.54, 1.807) is 24.5 Å². The maximum Gasteiger partial charge on any atom is 0.129 e. The van der Waals surface area contributed by atoms with Crippen LogP contribution in [0.4, 0.5) is 4.39 Å². The maximum absolute atomic E-state index is 13.0. The Morgan fingerprint density at radius 3 is 2.88 bits per heavy atom. The highest BCUT2D eigenvalue weighted by Gasteiger charge is 2.23. The van der Waals surface area contributed by atoms with Crippen LogP contribution in [0.2, 0.25) is 0 Å². The van der Waals surface area contributed by atoms with Gasteiger partial charge in [0.15, 0.2) is 0 Å². The molecular formula is C18H22FNO4. The van der Waals surface area contributed by atoms with Crippen molar-refractivity contribution in [3.63, 3.8) is 0 Å². The van der Waals surface area contributed by atoms with E-state index in [2.05, 4.69) is 4.90 Å². The Bertz CT molecular complexity index is 602. The minimum absolute atomic E-state index is 0.101. The van der Waals surface area contributed by atoms with Crippen molar-refractivity contribution in [3.8, 4) is 0 Å². The van der Waals surface area contributed by atoms with Crippen LogP contribution < -0.4 is 0 Å². The van der Waals surface area contributed by atoms with Crippen molar-refractivity contribution in [2.75, 3.05) is 32.8 Å². The van der Waals surface area contributed by atoms with Crippen molar-refractivity contribution < 1.29 is 23.4 Å². The average Bonchev–Trinajstić information content (AvgIpc) is 3.09. The molecule has 1 aromatic carbocycles. The van der Waals surface area contributed by atoms with Crippen molar-refractivity contribution in [1.29, 1.82) is 0 Å². The number of β-amino-alcohol motifs (C(OH)–C–C–N with tert-alkyl or cyclic N) is 1. The Labute approximate surface area is 140 Å². The van der Waals surface area contributed by atoms with Crippen LogP contribution >= 0.6 is 0 Å². The molecular weight excluding hydrogens is 313 g/mol. The molecule has 6 heteroatoms. The second kappa shape index (κ2) is 8.39. The van der Waals surface area contributed by atoms with Gasteiger partial charge in [-0.2, -0.15) is 0 Å². The fourth-order valence-corrected chi connectivity index (χ4v) is 2.79. The Balaban J connectivity index is 1.43. The van der Waals surface area contributed by atoms with Crippen molar-refractivity contribution in [1.82, 2.24) is 4.90 Å². The zero-order chi connectivity index (χ0) is 16.8. The molecule has 130 valence electrons. The van der Waals surface area contributed by atoms with Crippen LogP contribution in [-0.2, 0) is 16.1 Å². The summed E-state index contributed by atoms with van der Waals surface area (Å²) in [7, 11) is 0. The quantitative estimate of drug-likeness (QED) is 0.842. The Hall–Kier alpha value is -1.73. The summed E-state index contributed by atoms with van der Waals surface area (Å²) < 4.78 is 29.4. The minimum Gasteiger partial charge on any atom is -0.467 e. The van der Waals surface area contributed by atoms with E-state index in [1.165, 1.54) is 12.1 Å². The smallest absolute Gasteiger partial charge is 0.129 e. The predicted molar refractivity (Wildman–Crippen MR) is 85.9 cm³/mol. The molecule has 5 nitrogen and oxygen atoms in total. The van der Waals surface area contributed by atoms with Crippen molar-refractivity contribution in [2.45, 2.75) is 18.8 Å². The first kappa shape index (κ1) is 17.1. The lowest BCUT2D eigenvalue weighted by molar-refractivity contribution is -0.0544. The third-order valence-corrected chi connectivity index (χ3v) is 4.00. The number of hydrogen-bond acceptors (Lipinski definition) is 5. The van der Waals surface area contributed by atoms with Gasteiger partial charge in [0, 0.05) is 19.6 Å². The van der Waals surface area contributed by atoms with Gasteiger partial charge in [-0.25, -0.2) is 4.39 Å². The fourth-order valence-electron chi connectivity index (χ4n) is 2.79. The van der Waals surface area contributed by atoms with E-state index in [1.807, 2.05) is 6.07 Å². The summed E-state index contributed by atoms with van der Waals surface area (Å²) in [6.45, 7) is 3.12. The molecule has 1 aliphatic heterocycles. The van der Waals surface area contributed by atoms with E-state index in [0.29, 0.717) is 26.3 Å². The molecule has 0 aliphatic carbocycles. The van der Waals surface area contributed by atoms with Crippen molar-refractivity contribution in [3.05, 3.63) is 59.8 Å².